The van der Waals surface area contributed by atoms with Gasteiger partial charge < -0.3 is 9.80 Å². The van der Waals surface area contributed by atoms with Crippen LogP contribution in [0.25, 0.3) is 0 Å². The van der Waals surface area contributed by atoms with Crippen molar-refractivity contribution in [2.75, 3.05) is 32.7 Å². The Morgan fingerprint density at radius 1 is 1.17 bits per heavy atom. The molecule has 0 N–H and O–H groups in total. The normalized spacial score (nSPS) is 29.0. The van der Waals surface area contributed by atoms with Gasteiger partial charge in [-0.1, -0.05) is 6.07 Å². The molecule has 0 spiro atoms. The second kappa shape index (κ2) is 6.60. The first-order valence-corrected chi connectivity index (χ1v) is 9.22. The second-order valence-electron chi connectivity index (χ2n) is 7.51. The fourth-order valence-electron chi connectivity index (χ4n) is 4.33. The third-order valence-electron chi connectivity index (χ3n) is 5.86. The number of hydrogen-bond donors (Lipinski definition) is 0. The number of nitrogens with zero attached hydrogens (tertiary/aromatic N) is 3. The maximum absolute atomic E-state index is 12.7. The maximum atomic E-state index is 12.7. The van der Waals surface area contributed by atoms with Crippen LogP contribution in [0.4, 0.5) is 0 Å². The van der Waals surface area contributed by atoms with Gasteiger partial charge in [-0.15, -0.1) is 0 Å². The molecule has 0 bridgehead atoms. The highest BCUT2D eigenvalue weighted by Gasteiger charge is 2.46. The van der Waals surface area contributed by atoms with E-state index in [1.54, 1.807) is 6.20 Å². The molecule has 2 aliphatic heterocycles. The van der Waals surface area contributed by atoms with Gasteiger partial charge in [-0.3, -0.25) is 9.78 Å². The predicted molar refractivity (Wildman–Crippen MR) is 90.1 cm³/mol. The average molecular weight is 313 g/mol. The van der Waals surface area contributed by atoms with E-state index in [0.717, 1.165) is 25.4 Å². The third kappa shape index (κ3) is 3.42. The first-order chi connectivity index (χ1) is 11.3. The van der Waals surface area contributed by atoms with Gasteiger partial charge in [0.2, 0.25) is 5.91 Å². The van der Waals surface area contributed by atoms with Crippen LogP contribution in [-0.2, 0) is 4.79 Å². The molecule has 1 aliphatic carbocycles. The molecular formula is C19H27N3O. The lowest BCUT2D eigenvalue weighted by molar-refractivity contribution is -0.134. The molecule has 0 radical (unpaired) electrons. The molecule has 4 rings (SSSR count). The summed E-state index contributed by atoms with van der Waals surface area (Å²) >= 11 is 0. The van der Waals surface area contributed by atoms with Gasteiger partial charge in [0.05, 0.1) is 0 Å². The molecule has 3 fully saturated rings. The predicted octanol–water partition coefficient (Wildman–Crippen LogP) is 2.52. The molecule has 0 aromatic carbocycles. The maximum Gasteiger partial charge on any atom is 0.226 e. The largest absolute Gasteiger partial charge is 0.342 e. The molecule has 1 aromatic heterocycles. The van der Waals surface area contributed by atoms with E-state index in [0.29, 0.717) is 11.8 Å². The van der Waals surface area contributed by atoms with Crippen LogP contribution in [-0.4, -0.2) is 53.4 Å². The number of aromatic nitrogens is 1. The summed E-state index contributed by atoms with van der Waals surface area (Å²) in [5.74, 6) is 1.82. The highest BCUT2D eigenvalue weighted by atomic mass is 16.2. The molecule has 23 heavy (non-hydrogen) atoms. The minimum Gasteiger partial charge on any atom is -0.342 e. The minimum atomic E-state index is 0.217. The van der Waals surface area contributed by atoms with E-state index < -0.39 is 0 Å². The highest BCUT2D eigenvalue weighted by molar-refractivity contribution is 5.83. The Kier molecular flexibility index (Phi) is 4.34. The molecule has 2 atom stereocenters. The van der Waals surface area contributed by atoms with Crippen LogP contribution in [0.1, 0.15) is 43.6 Å². The zero-order valence-corrected chi connectivity index (χ0v) is 13.9. The topological polar surface area (TPSA) is 36.4 Å². The van der Waals surface area contributed by atoms with Crippen molar-refractivity contribution in [1.29, 1.82) is 0 Å². The van der Waals surface area contributed by atoms with Crippen LogP contribution < -0.4 is 0 Å². The Morgan fingerprint density at radius 3 is 2.65 bits per heavy atom. The Bertz CT molecular complexity index is 533. The van der Waals surface area contributed by atoms with Crippen molar-refractivity contribution in [3.8, 4) is 0 Å². The second-order valence-corrected chi connectivity index (χ2v) is 7.51. The Morgan fingerprint density at radius 2 is 1.96 bits per heavy atom. The molecular weight excluding hydrogens is 286 g/mol. The summed E-state index contributed by atoms with van der Waals surface area (Å²) in [4.78, 5) is 21.6. The Balaban J connectivity index is 1.25. The summed E-state index contributed by atoms with van der Waals surface area (Å²) in [6.45, 7) is 5.76. The van der Waals surface area contributed by atoms with Gasteiger partial charge in [-0.2, -0.15) is 0 Å². The SMILES string of the molecule is O=C([C@@H]1C[C@@H]1c1cccnc1)N1CCC(CN2CCCC2)CC1. The van der Waals surface area contributed by atoms with Crippen molar-refractivity contribution >= 4 is 5.91 Å². The lowest BCUT2D eigenvalue weighted by atomic mass is 9.96. The molecule has 4 nitrogen and oxygen atoms in total. The summed E-state index contributed by atoms with van der Waals surface area (Å²) < 4.78 is 0. The fourth-order valence-corrected chi connectivity index (χ4v) is 4.33. The summed E-state index contributed by atoms with van der Waals surface area (Å²) in [6.07, 6.45) is 9.84. The molecule has 1 saturated carbocycles. The van der Waals surface area contributed by atoms with Gasteiger partial charge in [-0.25, -0.2) is 0 Å². The van der Waals surface area contributed by atoms with Crippen molar-refractivity contribution in [3.05, 3.63) is 30.1 Å². The molecule has 1 aromatic rings. The average Bonchev–Trinajstić information content (AvgIpc) is 3.25. The molecule has 2 saturated heterocycles. The number of piperidine rings is 1. The van der Waals surface area contributed by atoms with Crippen LogP contribution in [0, 0.1) is 11.8 Å². The van der Waals surface area contributed by atoms with Crippen LogP contribution in [0.2, 0.25) is 0 Å². The van der Waals surface area contributed by atoms with E-state index in [1.165, 1.54) is 50.9 Å². The quantitative estimate of drug-likeness (QED) is 0.857. The molecule has 0 unspecified atom stereocenters. The Labute approximate surface area is 138 Å². The van der Waals surface area contributed by atoms with Crippen molar-refractivity contribution in [2.45, 2.75) is 38.0 Å². The van der Waals surface area contributed by atoms with Crippen molar-refractivity contribution < 1.29 is 4.79 Å². The zero-order valence-electron chi connectivity index (χ0n) is 13.9. The highest BCUT2D eigenvalue weighted by Crippen LogP contribution is 2.48. The van der Waals surface area contributed by atoms with Crippen molar-refractivity contribution in [3.63, 3.8) is 0 Å². The molecule has 1 amide bonds. The summed E-state index contributed by atoms with van der Waals surface area (Å²) in [5, 5.41) is 0. The molecule has 3 aliphatic rings. The van der Waals surface area contributed by atoms with Crippen LogP contribution in [0.3, 0.4) is 0 Å². The van der Waals surface area contributed by atoms with E-state index in [9.17, 15) is 4.79 Å². The monoisotopic (exact) mass is 313 g/mol. The van der Waals surface area contributed by atoms with Crippen molar-refractivity contribution in [1.82, 2.24) is 14.8 Å². The van der Waals surface area contributed by atoms with Gasteiger partial charge in [0, 0.05) is 37.9 Å². The van der Waals surface area contributed by atoms with Crippen LogP contribution >= 0.6 is 0 Å². The minimum absolute atomic E-state index is 0.217. The van der Waals surface area contributed by atoms with E-state index in [4.69, 9.17) is 0 Å². The number of pyridine rings is 1. The summed E-state index contributed by atoms with van der Waals surface area (Å²) in [7, 11) is 0. The van der Waals surface area contributed by atoms with Crippen LogP contribution in [0.15, 0.2) is 24.5 Å². The lowest BCUT2D eigenvalue weighted by Crippen LogP contribution is -2.42. The van der Waals surface area contributed by atoms with Crippen molar-refractivity contribution in [2.24, 2.45) is 11.8 Å². The van der Waals surface area contributed by atoms with Gasteiger partial charge in [0.1, 0.15) is 0 Å². The summed E-state index contributed by atoms with van der Waals surface area (Å²) in [6, 6.07) is 4.08. The molecule has 4 heteroatoms. The zero-order chi connectivity index (χ0) is 15.6. The number of likely N-dealkylation sites (tertiary alicyclic amines) is 2. The van der Waals surface area contributed by atoms with Gasteiger partial charge in [-0.05, 0) is 68.7 Å². The van der Waals surface area contributed by atoms with Gasteiger partial charge in [0.25, 0.3) is 0 Å². The van der Waals surface area contributed by atoms with Gasteiger partial charge in [0.15, 0.2) is 0 Å². The Hall–Kier alpha value is -1.42. The number of carbonyl (C=O) groups excluding carboxylic acids is 1. The van der Waals surface area contributed by atoms with E-state index in [1.807, 2.05) is 12.3 Å². The number of amides is 1. The van der Waals surface area contributed by atoms with Crippen LogP contribution in [0.5, 0.6) is 0 Å². The molecule has 3 heterocycles. The van der Waals surface area contributed by atoms with Gasteiger partial charge >= 0.3 is 0 Å². The fraction of sp³-hybridized carbons (Fsp3) is 0.684. The number of hydrogen-bond acceptors (Lipinski definition) is 3. The first-order valence-electron chi connectivity index (χ1n) is 9.22. The lowest BCUT2D eigenvalue weighted by Gasteiger charge is -2.34. The van der Waals surface area contributed by atoms with E-state index >= 15 is 0 Å². The van der Waals surface area contributed by atoms with E-state index in [-0.39, 0.29) is 5.92 Å². The third-order valence-corrected chi connectivity index (χ3v) is 5.86. The smallest absolute Gasteiger partial charge is 0.226 e. The number of rotatable bonds is 4. The summed E-state index contributed by atoms with van der Waals surface area (Å²) in [5.41, 5.74) is 1.23. The van der Waals surface area contributed by atoms with E-state index in [2.05, 4.69) is 20.9 Å². The number of carbonyl (C=O) groups is 1. The standard InChI is InChI=1S/C19H27N3O/c23-19(18-12-17(18)16-4-3-7-20-13-16)22-10-5-15(6-11-22)14-21-8-1-2-9-21/h3-4,7,13,15,17-18H,1-2,5-6,8-12,14H2/t17-,18-/m1/s1. The first kappa shape index (κ1) is 15.1. The molecule has 124 valence electrons.